The van der Waals surface area contributed by atoms with Crippen molar-refractivity contribution in [3.8, 4) is 0 Å². The number of hydrogen-bond donors (Lipinski definition) is 3. The molecule has 2 aliphatic heterocycles. The summed E-state index contributed by atoms with van der Waals surface area (Å²) in [5.74, 6) is -0.499. The Morgan fingerprint density at radius 3 is 2.39 bits per heavy atom. The highest BCUT2D eigenvalue weighted by molar-refractivity contribution is 5.85. The maximum Gasteiger partial charge on any atom is 0.331 e. The van der Waals surface area contributed by atoms with Gasteiger partial charge in [0, 0.05) is 32.1 Å². The summed E-state index contributed by atoms with van der Waals surface area (Å²) in [6, 6.07) is 0. The van der Waals surface area contributed by atoms with Gasteiger partial charge in [0.25, 0.3) is 0 Å². The van der Waals surface area contributed by atoms with Crippen molar-refractivity contribution in [1.82, 2.24) is 0 Å². The lowest BCUT2D eigenvalue weighted by Crippen LogP contribution is -2.69. The van der Waals surface area contributed by atoms with E-state index in [1.807, 2.05) is 0 Å². The standard InChI is InChI=1S/C31H46O10/c1-17-24(34)25(37-3)26(38-4)27(40-17)41-19-5-10-29(16-32)21-6-9-28(2)20(18-13-23(33)39-15-18)8-12-31(28,36)22(21)7-11-30(29,35)14-19/h13,16-17,19-22,24-27,34-36H,5-12,14-15H2,1-4H3/t17-,19-,20+,21+,22+,24+,25-,26-,27+,28+,29-,30-,31-/m0/s1. The molecule has 6 aliphatic rings. The molecule has 0 spiro atoms. The molecular formula is C31H46O10. The number of aliphatic hydroxyl groups is 3. The highest BCUT2D eigenvalue weighted by atomic mass is 16.7. The van der Waals surface area contributed by atoms with Gasteiger partial charge in [-0.2, -0.15) is 0 Å². The first kappa shape index (κ1) is 29.7. The highest BCUT2D eigenvalue weighted by Gasteiger charge is 2.71. The van der Waals surface area contributed by atoms with Crippen LogP contribution < -0.4 is 0 Å². The number of methoxy groups -OCH3 is 2. The van der Waals surface area contributed by atoms with E-state index in [0.29, 0.717) is 38.7 Å². The van der Waals surface area contributed by atoms with Gasteiger partial charge in [0.1, 0.15) is 31.2 Å². The van der Waals surface area contributed by atoms with Gasteiger partial charge in [0.05, 0.1) is 28.8 Å². The van der Waals surface area contributed by atoms with Crippen LogP contribution >= 0.6 is 0 Å². The monoisotopic (exact) mass is 578 g/mol. The van der Waals surface area contributed by atoms with Crippen LogP contribution in [0.4, 0.5) is 0 Å². The van der Waals surface area contributed by atoms with E-state index in [2.05, 4.69) is 6.92 Å². The van der Waals surface area contributed by atoms with E-state index in [4.69, 9.17) is 23.7 Å². The lowest BCUT2D eigenvalue weighted by atomic mass is 9.41. The summed E-state index contributed by atoms with van der Waals surface area (Å²) in [6.45, 7) is 4.20. The van der Waals surface area contributed by atoms with Crippen molar-refractivity contribution in [3.63, 3.8) is 0 Å². The Morgan fingerprint density at radius 2 is 1.73 bits per heavy atom. The second kappa shape index (κ2) is 10.4. The van der Waals surface area contributed by atoms with Gasteiger partial charge in [-0.15, -0.1) is 0 Å². The van der Waals surface area contributed by atoms with Crippen LogP contribution in [-0.4, -0.2) is 96.4 Å². The van der Waals surface area contributed by atoms with Gasteiger partial charge in [-0.25, -0.2) is 4.79 Å². The van der Waals surface area contributed by atoms with Crippen LogP contribution in [0.2, 0.25) is 0 Å². The molecule has 0 bridgehead atoms. The largest absolute Gasteiger partial charge is 0.458 e. The maximum absolute atomic E-state index is 13.1. The third-order valence-corrected chi connectivity index (χ3v) is 12.5. The number of hydrogen-bond acceptors (Lipinski definition) is 10. The molecule has 10 nitrogen and oxygen atoms in total. The fourth-order valence-corrected chi connectivity index (χ4v) is 10.2. The van der Waals surface area contributed by atoms with Gasteiger partial charge in [-0.1, -0.05) is 6.92 Å². The van der Waals surface area contributed by atoms with Crippen molar-refractivity contribution in [1.29, 1.82) is 0 Å². The molecule has 13 atom stereocenters. The first-order chi connectivity index (χ1) is 19.5. The van der Waals surface area contributed by atoms with Crippen LogP contribution in [-0.2, 0) is 33.3 Å². The van der Waals surface area contributed by atoms with Crippen LogP contribution in [0.3, 0.4) is 0 Å². The van der Waals surface area contributed by atoms with Crippen LogP contribution in [0.25, 0.3) is 0 Å². The number of cyclic esters (lactones) is 1. The van der Waals surface area contributed by atoms with Crippen LogP contribution in [0.1, 0.15) is 71.6 Å². The minimum Gasteiger partial charge on any atom is -0.458 e. The summed E-state index contributed by atoms with van der Waals surface area (Å²) in [4.78, 5) is 24.9. The van der Waals surface area contributed by atoms with Crippen molar-refractivity contribution in [2.45, 2.75) is 120 Å². The fraction of sp³-hybridized carbons (Fsp3) is 0.871. The number of ether oxygens (including phenoxy) is 5. The number of rotatable bonds is 6. The second-order valence-corrected chi connectivity index (χ2v) is 13.8. The summed E-state index contributed by atoms with van der Waals surface area (Å²) in [7, 11) is 3.04. The molecule has 0 aromatic rings. The number of fused-ring (bicyclic) bond motifs is 5. The van der Waals surface area contributed by atoms with Gasteiger partial charge in [0.2, 0.25) is 0 Å². The number of aliphatic hydroxyl groups excluding tert-OH is 1. The predicted octanol–water partition coefficient (Wildman–Crippen LogP) is 2.06. The molecular weight excluding hydrogens is 532 g/mol. The summed E-state index contributed by atoms with van der Waals surface area (Å²) in [5.41, 5.74) is -2.66. The van der Waals surface area contributed by atoms with Gasteiger partial charge in [-0.3, -0.25) is 0 Å². The number of carbonyl (C=O) groups is 2. The zero-order valence-electron chi connectivity index (χ0n) is 24.6. The number of esters is 1. The van der Waals surface area contributed by atoms with Crippen LogP contribution in [0, 0.1) is 28.6 Å². The average molecular weight is 579 g/mol. The van der Waals surface area contributed by atoms with Gasteiger partial charge in [-0.05, 0) is 81.6 Å². The SMILES string of the molecule is CO[C@@H]1[C@@H](O[C@H]2CC[C@]3(C=O)[C@@H]4CC[C@]5(C)[C@@H](C6=CC(=O)OC6)CC[C@]5(O)[C@@H]4CC[C@]3(O)C2)O[C@@H](C)[C@@H](O)[C@@H]1OC. The Bertz CT molecular complexity index is 1080. The van der Waals surface area contributed by atoms with E-state index < -0.39 is 52.7 Å². The lowest BCUT2D eigenvalue weighted by Gasteiger charge is -2.65. The molecule has 0 unspecified atom stereocenters. The highest BCUT2D eigenvalue weighted by Crippen LogP contribution is 2.70. The van der Waals surface area contributed by atoms with Crippen LogP contribution in [0.5, 0.6) is 0 Å². The summed E-state index contributed by atoms with van der Waals surface area (Å²) in [6.07, 6.45) is 3.93. The average Bonchev–Trinajstić information content (AvgIpc) is 3.49. The van der Waals surface area contributed by atoms with Crippen molar-refractivity contribution < 1.29 is 48.6 Å². The van der Waals surface area contributed by atoms with Gasteiger partial charge < -0.3 is 43.8 Å². The van der Waals surface area contributed by atoms with Crippen molar-refractivity contribution in [2.24, 2.45) is 28.6 Å². The minimum atomic E-state index is -1.27. The molecule has 2 heterocycles. The van der Waals surface area contributed by atoms with Crippen molar-refractivity contribution in [2.75, 3.05) is 20.8 Å². The molecule has 1 saturated heterocycles. The Hall–Kier alpha value is -1.40. The molecule has 5 fully saturated rings. The molecule has 10 heteroatoms. The molecule has 6 rings (SSSR count). The topological polar surface area (TPSA) is 141 Å². The normalized spacial score (nSPS) is 53.1. The third kappa shape index (κ3) is 4.15. The summed E-state index contributed by atoms with van der Waals surface area (Å²) < 4.78 is 28.7. The minimum absolute atomic E-state index is 0.0677. The Labute approximate surface area is 241 Å². The molecule has 230 valence electrons. The Balaban J connectivity index is 1.22. The van der Waals surface area contributed by atoms with E-state index in [1.165, 1.54) is 14.2 Å². The Morgan fingerprint density at radius 1 is 1.00 bits per heavy atom. The van der Waals surface area contributed by atoms with Crippen molar-refractivity contribution in [3.05, 3.63) is 11.6 Å². The molecule has 0 aromatic carbocycles. The maximum atomic E-state index is 13.1. The van der Waals surface area contributed by atoms with E-state index >= 15 is 0 Å². The molecule has 0 amide bonds. The molecule has 3 N–H and O–H groups in total. The Kier molecular flexibility index (Phi) is 7.49. The molecule has 4 saturated carbocycles. The number of carbonyl (C=O) groups excluding carboxylic acids is 2. The first-order valence-corrected chi connectivity index (χ1v) is 15.3. The molecule has 41 heavy (non-hydrogen) atoms. The zero-order valence-corrected chi connectivity index (χ0v) is 24.6. The number of aldehydes is 1. The quantitative estimate of drug-likeness (QED) is 0.244. The van der Waals surface area contributed by atoms with Gasteiger partial charge >= 0.3 is 5.97 Å². The second-order valence-electron chi connectivity index (χ2n) is 13.8. The predicted molar refractivity (Wildman–Crippen MR) is 144 cm³/mol. The molecule has 0 radical (unpaired) electrons. The van der Waals surface area contributed by atoms with Crippen molar-refractivity contribution >= 4 is 12.3 Å². The first-order valence-electron chi connectivity index (χ1n) is 15.3. The van der Waals surface area contributed by atoms with E-state index in [1.54, 1.807) is 13.0 Å². The third-order valence-electron chi connectivity index (χ3n) is 12.5. The smallest absolute Gasteiger partial charge is 0.331 e. The summed E-state index contributed by atoms with van der Waals surface area (Å²) >= 11 is 0. The molecule has 0 aromatic heterocycles. The molecule has 4 aliphatic carbocycles. The van der Waals surface area contributed by atoms with Crippen LogP contribution in [0.15, 0.2) is 11.6 Å². The lowest BCUT2D eigenvalue weighted by molar-refractivity contribution is -0.323. The van der Waals surface area contributed by atoms with Gasteiger partial charge in [0.15, 0.2) is 6.29 Å². The summed E-state index contributed by atoms with van der Waals surface area (Å²) in [5, 5.41) is 35.2. The van der Waals surface area contributed by atoms with E-state index in [9.17, 15) is 24.9 Å². The van der Waals surface area contributed by atoms with E-state index in [-0.39, 0.29) is 36.2 Å². The zero-order chi connectivity index (χ0) is 29.4. The fourth-order valence-electron chi connectivity index (χ4n) is 10.2. The van der Waals surface area contributed by atoms with E-state index in [0.717, 1.165) is 31.1 Å².